The molecule has 2 rings (SSSR count). The Bertz CT molecular complexity index is 635. The molecule has 0 aromatic heterocycles. The summed E-state index contributed by atoms with van der Waals surface area (Å²) in [5, 5.41) is 2.80. The van der Waals surface area contributed by atoms with Gasteiger partial charge in [-0.3, -0.25) is 14.5 Å². The maximum Gasteiger partial charge on any atom is 0.242 e. The quantitative estimate of drug-likeness (QED) is 0.716. The fourth-order valence-corrected chi connectivity index (χ4v) is 3.62. The lowest BCUT2D eigenvalue weighted by molar-refractivity contribution is -0.136. The average Bonchev–Trinajstić information content (AvgIpc) is 3.06. The molecule has 7 heteroatoms. The van der Waals surface area contributed by atoms with Crippen molar-refractivity contribution in [3.8, 4) is 0 Å². The van der Waals surface area contributed by atoms with Gasteiger partial charge in [0.1, 0.15) is 11.9 Å². The first-order valence-electron chi connectivity index (χ1n) is 9.55. The number of carbonyl (C=O) groups excluding carboxylic acids is 2. The van der Waals surface area contributed by atoms with Crippen molar-refractivity contribution in [3.63, 3.8) is 0 Å². The van der Waals surface area contributed by atoms with Crippen LogP contribution in [-0.2, 0) is 16.1 Å². The number of nitrogens with zero attached hydrogens (tertiary/aromatic N) is 2. The maximum atomic E-state index is 13.2. The minimum Gasteiger partial charge on any atom is -0.353 e. The van der Waals surface area contributed by atoms with E-state index in [1.165, 1.54) is 19.1 Å². The summed E-state index contributed by atoms with van der Waals surface area (Å²) in [6.45, 7) is 8.56. The van der Waals surface area contributed by atoms with Crippen LogP contribution in [0, 0.1) is 11.7 Å². The Morgan fingerprint density at radius 1 is 1.33 bits per heavy atom. The standard InChI is InChI=1S/C20H31FN4O2/c1-14(2)11-24(12-16-4-6-17(21)7-5-16)18-10-19(20(27)23-9-8-22)25(13-18)15(3)26/h4-7,14,18-19H,8-13,22H2,1-3H3,(H,23,27). The summed E-state index contributed by atoms with van der Waals surface area (Å²) in [6, 6.07) is 6.10. The van der Waals surface area contributed by atoms with Crippen LogP contribution in [0.5, 0.6) is 0 Å². The first kappa shape index (κ1) is 21.3. The molecule has 6 nitrogen and oxygen atoms in total. The molecule has 1 heterocycles. The average molecular weight is 378 g/mol. The molecule has 1 aliphatic heterocycles. The van der Waals surface area contributed by atoms with Gasteiger partial charge in [0.05, 0.1) is 0 Å². The third-order valence-corrected chi connectivity index (χ3v) is 4.84. The molecule has 27 heavy (non-hydrogen) atoms. The van der Waals surface area contributed by atoms with E-state index in [2.05, 4.69) is 24.1 Å². The molecule has 0 radical (unpaired) electrons. The van der Waals surface area contributed by atoms with E-state index in [-0.39, 0.29) is 23.7 Å². The second-order valence-corrected chi connectivity index (χ2v) is 7.61. The number of hydrogen-bond donors (Lipinski definition) is 2. The van der Waals surface area contributed by atoms with E-state index in [1.54, 1.807) is 17.0 Å². The van der Waals surface area contributed by atoms with Crippen molar-refractivity contribution in [3.05, 3.63) is 35.6 Å². The Kier molecular flexibility index (Phi) is 7.74. The van der Waals surface area contributed by atoms with Crippen molar-refractivity contribution in [2.75, 3.05) is 26.2 Å². The number of amides is 2. The van der Waals surface area contributed by atoms with Crippen molar-refractivity contribution in [2.45, 2.75) is 45.8 Å². The van der Waals surface area contributed by atoms with E-state index >= 15 is 0 Å². The van der Waals surface area contributed by atoms with Gasteiger partial charge in [-0.25, -0.2) is 4.39 Å². The topological polar surface area (TPSA) is 78.7 Å². The number of halogens is 1. The fourth-order valence-electron chi connectivity index (χ4n) is 3.62. The summed E-state index contributed by atoms with van der Waals surface area (Å²) in [5.41, 5.74) is 6.48. The molecule has 2 amide bonds. The smallest absolute Gasteiger partial charge is 0.242 e. The highest BCUT2D eigenvalue weighted by Gasteiger charge is 2.40. The van der Waals surface area contributed by atoms with Crippen LogP contribution >= 0.6 is 0 Å². The summed E-state index contributed by atoms with van der Waals surface area (Å²) in [7, 11) is 0. The summed E-state index contributed by atoms with van der Waals surface area (Å²) < 4.78 is 13.2. The predicted molar refractivity (Wildman–Crippen MR) is 103 cm³/mol. The molecule has 2 unspecified atom stereocenters. The number of hydrogen-bond acceptors (Lipinski definition) is 4. The van der Waals surface area contributed by atoms with Crippen LogP contribution in [-0.4, -0.2) is 59.9 Å². The highest BCUT2D eigenvalue weighted by Crippen LogP contribution is 2.25. The van der Waals surface area contributed by atoms with Crippen LogP contribution < -0.4 is 11.1 Å². The van der Waals surface area contributed by atoms with Crippen LogP contribution in [0.25, 0.3) is 0 Å². The number of likely N-dealkylation sites (tertiary alicyclic amines) is 1. The molecule has 1 fully saturated rings. The van der Waals surface area contributed by atoms with Crippen molar-refractivity contribution in [2.24, 2.45) is 11.7 Å². The van der Waals surface area contributed by atoms with Crippen molar-refractivity contribution in [1.29, 1.82) is 0 Å². The normalized spacial score (nSPS) is 19.7. The highest BCUT2D eigenvalue weighted by molar-refractivity contribution is 5.87. The molecular formula is C20H31FN4O2. The van der Waals surface area contributed by atoms with E-state index in [9.17, 15) is 14.0 Å². The lowest BCUT2D eigenvalue weighted by Gasteiger charge is -2.30. The highest BCUT2D eigenvalue weighted by atomic mass is 19.1. The Morgan fingerprint density at radius 3 is 2.56 bits per heavy atom. The fraction of sp³-hybridized carbons (Fsp3) is 0.600. The molecule has 1 aliphatic rings. The van der Waals surface area contributed by atoms with Gasteiger partial charge in [0.25, 0.3) is 0 Å². The first-order valence-corrected chi connectivity index (χ1v) is 9.55. The van der Waals surface area contributed by atoms with Gasteiger partial charge in [-0.1, -0.05) is 26.0 Å². The van der Waals surface area contributed by atoms with Gasteiger partial charge in [-0.05, 0) is 30.0 Å². The van der Waals surface area contributed by atoms with Crippen LogP contribution in [0.15, 0.2) is 24.3 Å². The third kappa shape index (κ3) is 6.01. The second kappa shape index (κ2) is 9.80. The molecule has 1 saturated heterocycles. The molecule has 0 saturated carbocycles. The Hall–Kier alpha value is -1.99. The molecule has 150 valence electrons. The molecular weight excluding hydrogens is 347 g/mol. The van der Waals surface area contributed by atoms with Crippen molar-refractivity contribution < 1.29 is 14.0 Å². The summed E-state index contributed by atoms with van der Waals surface area (Å²) in [4.78, 5) is 28.5. The molecule has 0 aliphatic carbocycles. The van der Waals surface area contributed by atoms with Gasteiger partial charge < -0.3 is 16.0 Å². The molecule has 2 atom stereocenters. The third-order valence-electron chi connectivity index (χ3n) is 4.84. The molecule has 1 aromatic carbocycles. The van der Waals surface area contributed by atoms with Crippen LogP contribution in [0.4, 0.5) is 4.39 Å². The molecule has 1 aromatic rings. The van der Waals surface area contributed by atoms with Gasteiger partial charge in [-0.2, -0.15) is 0 Å². The summed E-state index contributed by atoms with van der Waals surface area (Å²) >= 11 is 0. The van der Waals surface area contributed by atoms with E-state index in [0.717, 1.165) is 12.1 Å². The minimum absolute atomic E-state index is 0.0787. The first-order chi connectivity index (χ1) is 12.8. The van der Waals surface area contributed by atoms with E-state index in [0.29, 0.717) is 38.5 Å². The molecule has 0 spiro atoms. The van der Waals surface area contributed by atoms with Crippen LogP contribution in [0.2, 0.25) is 0 Å². The van der Waals surface area contributed by atoms with E-state index in [4.69, 9.17) is 5.73 Å². The van der Waals surface area contributed by atoms with E-state index < -0.39 is 6.04 Å². The Morgan fingerprint density at radius 2 is 2.00 bits per heavy atom. The maximum absolute atomic E-state index is 13.2. The predicted octanol–water partition coefficient (Wildman–Crippen LogP) is 1.35. The molecule has 3 N–H and O–H groups in total. The lowest BCUT2D eigenvalue weighted by atomic mass is 10.1. The van der Waals surface area contributed by atoms with Gasteiger partial charge in [0.15, 0.2) is 0 Å². The number of benzene rings is 1. The second-order valence-electron chi connectivity index (χ2n) is 7.61. The lowest BCUT2D eigenvalue weighted by Crippen LogP contribution is -2.46. The van der Waals surface area contributed by atoms with Gasteiger partial charge >= 0.3 is 0 Å². The Balaban J connectivity index is 2.15. The van der Waals surface area contributed by atoms with Crippen LogP contribution in [0.3, 0.4) is 0 Å². The number of nitrogens with two attached hydrogens (primary N) is 1. The Labute approximate surface area is 160 Å². The van der Waals surface area contributed by atoms with Gasteiger partial charge in [-0.15, -0.1) is 0 Å². The monoisotopic (exact) mass is 378 g/mol. The number of rotatable bonds is 8. The SMILES string of the molecule is CC(=O)N1CC(N(Cc2ccc(F)cc2)CC(C)C)CC1C(=O)NCCN. The van der Waals surface area contributed by atoms with Gasteiger partial charge in [0.2, 0.25) is 11.8 Å². The summed E-state index contributed by atoms with van der Waals surface area (Å²) in [5.74, 6) is -0.0723. The van der Waals surface area contributed by atoms with Crippen molar-refractivity contribution >= 4 is 11.8 Å². The number of carbonyl (C=O) groups is 2. The minimum atomic E-state index is -0.470. The van der Waals surface area contributed by atoms with Crippen LogP contribution in [0.1, 0.15) is 32.8 Å². The van der Waals surface area contributed by atoms with Gasteiger partial charge in [0, 0.05) is 45.7 Å². The molecule has 0 bridgehead atoms. The largest absolute Gasteiger partial charge is 0.353 e. The summed E-state index contributed by atoms with van der Waals surface area (Å²) in [6.07, 6.45) is 0.587. The zero-order valence-corrected chi connectivity index (χ0v) is 16.5. The van der Waals surface area contributed by atoms with E-state index in [1.807, 2.05) is 0 Å². The van der Waals surface area contributed by atoms with Crippen molar-refractivity contribution in [1.82, 2.24) is 15.1 Å². The zero-order chi connectivity index (χ0) is 20.0. The number of nitrogens with one attached hydrogen (secondary N) is 1. The zero-order valence-electron chi connectivity index (χ0n) is 16.5.